The molecular weight excluding hydrogens is 440 g/mol. The van der Waals surface area contributed by atoms with E-state index in [-0.39, 0.29) is 23.0 Å². The summed E-state index contributed by atoms with van der Waals surface area (Å²) in [6.07, 6.45) is 9.85. The molecule has 2 unspecified atom stereocenters. The second kappa shape index (κ2) is 10.2. The molecule has 2 aromatic heterocycles. The van der Waals surface area contributed by atoms with Gasteiger partial charge in [-0.15, -0.1) is 0 Å². The number of imidazole rings is 1. The maximum Gasteiger partial charge on any atom is 0.279 e. The zero-order valence-corrected chi connectivity index (χ0v) is 20.1. The lowest BCUT2D eigenvalue weighted by Gasteiger charge is -2.25. The van der Waals surface area contributed by atoms with Gasteiger partial charge < -0.3 is 9.55 Å². The van der Waals surface area contributed by atoms with Crippen molar-refractivity contribution in [2.75, 3.05) is 6.26 Å². The van der Waals surface area contributed by atoms with Gasteiger partial charge >= 0.3 is 0 Å². The van der Waals surface area contributed by atoms with E-state index in [0.717, 1.165) is 44.8 Å². The number of nitrogens with zero attached hydrogens (tertiary/aromatic N) is 3. The molecule has 1 N–H and O–H groups in total. The lowest BCUT2D eigenvalue weighted by atomic mass is 9.89. The highest BCUT2D eigenvalue weighted by Crippen LogP contribution is 2.31. The fourth-order valence-corrected chi connectivity index (χ4v) is 5.53. The number of aromatic amines is 1. The van der Waals surface area contributed by atoms with Crippen LogP contribution in [0.15, 0.2) is 41.5 Å². The van der Waals surface area contributed by atoms with Crippen LogP contribution in [0, 0.1) is 0 Å². The third-order valence-corrected chi connectivity index (χ3v) is 7.13. The standard InChI is InChI=1S/C24H32N4O4S/c1-17(32-33(2,30)31)20(15-9-12-18-10-5-3-6-11-18)28-16-25-21-23(28)26-22(27-24(21)29)19-13-7-4-8-14-19/h3,5-6,10-11,16-17,19-20H,4,7-9,12-15H2,1-2H3,(H,26,27,29). The Bertz CT molecular complexity index is 1230. The van der Waals surface area contributed by atoms with Gasteiger partial charge in [-0.05, 0) is 44.6 Å². The molecule has 0 amide bonds. The largest absolute Gasteiger partial charge is 0.309 e. The minimum atomic E-state index is -3.65. The molecule has 0 saturated heterocycles. The molecule has 8 nitrogen and oxygen atoms in total. The third-order valence-electron chi connectivity index (χ3n) is 6.48. The SMILES string of the molecule is CC(OS(C)(=O)=O)C(CCCc1ccccc1)n1cnc2c(=O)[nH]c(C3CCCCC3)nc21. The summed E-state index contributed by atoms with van der Waals surface area (Å²) >= 11 is 0. The maximum absolute atomic E-state index is 12.8. The lowest BCUT2D eigenvalue weighted by molar-refractivity contribution is 0.157. The first-order valence-corrected chi connectivity index (χ1v) is 13.5. The molecule has 1 saturated carbocycles. The molecular formula is C24H32N4O4S. The highest BCUT2D eigenvalue weighted by Gasteiger charge is 2.27. The van der Waals surface area contributed by atoms with E-state index in [1.807, 2.05) is 22.8 Å². The Labute approximate surface area is 194 Å². The first kappa shape index (κ1) is 23.6. The van der Waals surface area contributed by atoms with Gasteiger partial charge in [-0.25, -0.2) is 9.97 Å². The molecule has 2 atom stereocenters. The van der Waals surface area contributed by atoms with Gasteiger partial charge in [0.1, 0.15) is 5.82 Å². The summed E-state index contributed by atoms with van der Waals surface area (Å²) < 4.78 is 30.9. The first-order chi connectivity index (χ1) is 15.8. The van der Waals surface area contributed by atoms with Gasteiger partial charge in [0.25, 0.3) is 15.7 Å². The minimum Gasteiger partial charge on any atom is -0.309 e. The number of H-pyrrole nitrogens is 1. The Kier molecular flexibility index (Phi) is 7.29. The molecule has 9 heteroatoms. The Morgan fingerprint density at radius 3 is 2.61 bits per heavy atom. The van der Waals surface area contributed by atoms with Crippen LogP contribution in [0.1, 0.15) is 75.2 Å². The van der Waals surface area contributed by atoms with Crippen molar-refractivity contribution in [2.24, 2.45) is 0 Å². The van der Waals surface area contributed by atoms with Crippen LogP contribution in [0.2, 0.25) is 0 Å². The molecule has 1 aliphatic rings. The molecule has 1 fully saturated rings. The van der Waals surface area contributed by atoms with Crippen LogP contribution in [-0.2, 0) is 20.7 Å². The smallest absolute Gasteiger partial charge is 0.279 e. The lowest BCUT2D eigenvalue weighted by Crippen LogP contribution is -2.27. The summed E-state index contributed by atoms with van der Waals surface area (Å²) in [6, 6.07) is 9.83. The summed E-state index contributed by atoms with van der Waals surface area (Å²) in [7, 11) is -3.65. The number of fused-ring (bicyclic) bond motifs is 1. The summed E-state index contributed by atoms with van der Waals surface area (Å²) in [5.74, 6) is 0.939. The normalized spacial score (nSPS) is 17.3. The second-order valence-corrected chi connectivity index (χ2v) is 10.7. The topological polar surface area (TPSA) is 107 Å². The molecule has 2 heterocycles. The summed E-state index contributed by atoms with van der Waals surface area (Å²) in [6.45, 7) is 1.75. The van der Waals surface area contributed by atoms with Crippen molar-refractivity contribution >= 4 is 21.3 Å². The van der Waals surface area contributed by atoms with Gasteiger partial charge in [0, 0.05) is 5.92 Å². The van der Waals surface area contributed by atoms with Crippen molar-refractivity contribution in [2.45, 2.75) is 76.4 Å². The first-order valence-electron chi connectivity index (χ1n) is 11.7. The molecule has 0 spiro atoms. The van der Waals surface area contributed by atoms with Gasteiger partial charge in [-0.2, -0.15) is 8.42 Å². The Balaban J connectivity index is 1.66. The predicted octanol–water partition coefficient (Wildman–Crippen LogP) is 4.10. The Morgan fingerprint density at radius 1 is 1.18 bits per heavy atom. The Hall–Kier alpha value is -2.52. The van der Waals surface area contributed by atoms with Crippen molar-refractivity contribution in [3.05, 3.63) is 58.4 Å². The average molecular weight is 473 g/mol. The molecule has 4 rings (SSSR count). The van der Waals surface area contributed by atoms with E-state index in [1.54, 1.807) is 13.3 Å². The van der Waals surface area contributed by atoms with Crippen LogP contribution >= 0.6 is 0 Å². The van der Waals surface area contributed by atoms with E-state index in [9.17, 15) is 13.2 Å². The molecule has 0 radical (unpaired) electrons. The summed E-state index contributed by atoms with van der Waals surface area (Å²) in [5.41, 5.74) is 1.73. The summed E-state index contributed by atoms with van der Waals surface area (Å²) in [5, 5.41) is 0. The van der Waals surface area contributed by atoms with Gasteiger partial charge in [0.05, 0.1) is 24.7 Å². The van der Waals surface area contributed by atoms with Gasteiger partial charge in [0.15, 0.2) is 11.2 Å². The number of hydrogen-bond acceptors (Lipinski definition) is 6. The zero-order chi connectivity index (χ0) is 23.4. The number of aryl methyl sites for hydroxylation is 1. The fraction of sp³-hybridized carbons (Fsp3) is 0.542. The fourth-order valence-electron chi connectivity index (χ4n) is 4.85. The second-order valence-electron chi connectivity index (χ2n) is 9.06. The number of hydrogen-bond donors (Lipinski definition) is 1. The highest BCUT2D eigenvalue weighted by atomic mass is 32.2. The quantitative estimate of drug-likeness (QED) is 0.470. The van der Waals surface area contributed by atoms with Crippen LogP contribution in [-0.4, -0.2) is 40.3 Å². The van der Waals surface area contributed by atoms with Crippen LogP contribution in [0.5, 0.6) is 0 Å². The minimum absolute atomic E-state index is 0.237. The zero-order valence-electron chi connectivity index (χ0n) is 19.2. The van der Waals surface area contributed by atoms with Crippen LogP contribution in [0.4, 0.5) is 0 Å². The van der Waals surface area contributed by atoms with Crippen LogP contribution < -0.4 is 5.56 Å². The summed E-state index contributed by atoms with van der Waals surface area (Å²) in [4.78, 5) is 24.9. The molecule has 0 aliphatic heterocycles. The van der Waals surface area contributed by atoms with Crippen molar-refractivity contribution in [1.29, 1.82) is 0 Å². The molecule has 0 bridgehead atoms. The number of nitrogens with one attached hydrogen (secondary N) is 1. The van der Waals surface area contributed by atoms with E-state index < -0.39 is 16.2 Å². The van der Waals surface area contributed by atoms with Gasteiger partial charge in [-0.3, -0.25) is 8.98 Å². The Morgan fingerprint density at radius 2 is 1.91 bits per heavy atom. The molecule has 1 aliphatic carbocycles. The van der Waals surface area contributed by atoms with E-state index in [1.165, 1.54) is 12.0 Å². The molecule has 178 valence electrons. The van der Waals surface area contributed by atoms with Gasteiger partial charge in [0.2, 0.25) is 0 Å². The van der Waals surface area contributed by atoms with Crippen molar-refractivity contribution < 1.29 is 12.6 Å². The van der Waals surface area contributed by atoms with Crippen LogP contribution in [0.3, 0.4) is 0 Å². The van der Waals surface area contributed by atoms with Crippen LogP contribution in [0.25, 0.3) is 11.2 Å². The highest BCUT2D eigenvalue weighted by molar-refractivity contribution is 7.86. The maximum atomic E-state index is 12.8. The van der Waals surface area contributed by atoms with E-state index in [4.69, 9.17) is 9.17 Å². The number of aromatic nitrogens is 4. The number of rotatable bonds is 9. The number of benzene rings is 1. The van der Waals surface area contributed by atoms with Crippen molar-refractivity contribution in [1.82, 2.24) is 19.5 Å². The average Bonchev–Trinajstić information content (AvgIpc) is 3.21. The van der Waals surface area contributed by atoms with Crippen molar-refractivity contribution in [3.8, 4) is 0 Å². The van der Waals surface area contributed by atoms with Gasteiger partial charge in [-0.1, -0.05) is 49.6 Å². The monoisotopic (exact) mass is 472 g/mol. The molecule has 3 aromatic rings. The molecule has 33 heavy (non-hydrogen) atoms. The molecule has 1 aromatic carbocycles. The van der Waals surface area contributed by atoms with E-state index in [0.29, 0.717) is 17.9 Å². The van der Waals surface area contributed by atoms with E-state index in [2.05, 4.69) is 22.1 Å². The predicted molar refractivity (Wildman–Crippen MR) is 128 cm³/mol. The van der Waals surface area contributed by atoms with Crippen molar-refractivity contribution in [3.63, 3.8) is 0 Å². The van der Waals surface area contributed by atoms with E-state index >= 15 is 0 Å². The third kappa shape index (κ3) is 5.89.